The summed E-state index contributed by atoms with van der Waals surface area (Å²) in [5, 5.41) is 3.56. The van der Waals surface area contributed by atoms with Crippen LogP contribution in [-0.4, -0.2) is 13.1 Å². The summed E-state index contributed by atoms with van der Waals surface area (Å²) in [6.07, 6.45) is 0. The average Bonchev–Trinajstić information content (AvgIpc) is 2.61. The summed E-state index contributed by atoms with van der Waals surface area (Å²) in [7, 11) is 0. The summed E-state index contributed by atoms with van der Waals surface area (Å²) in [4.78, 5) is 0. The number of hydrogen-bond donors (Lipinski definition) is 1. The van der Waals surface area contributed by atoms with E-state index in [9.17, 15) is 0 Å². The first kappa shape index (κ1) is 14.6. The Morgan fingerprint density at radius 3 is 2.56 bits per heavy atom. The van der Waals surface area contributed by atoms with E-state index in [1.54, 1.807) is 0 Å². The molecule has 2 nitrogen and oxygen atoms in total. The molecule has 1 aliphatic rings. The van der Waals surface area contributed by atoms with E-state index < -0.39 is 0 Å². The van der Waals surface area contributed by atoms with Gasteiger partial charge in [0.05, 0.1) is 4.47 Å². The molecule has 0 amide bonds. The predicted octanol–water partition coefficient (Wildman–Crippen LogP) is 4.79. The van der Waals surface area contributed by atoms with Crippen molar-refractivity contribution in [2.45, 2.75) is 33.6 Å². The smallest absolute Gasteiger partial charge is 0.183 e. The second-order valence-electron chi connectivity index (χ2n) is 6.23. The van der Waals surface area contributed by atoms with Crippen LogP contribution < -0.4 is 5.32 Å². The van der Waals surface area contributed by atoms with Crippen LogP contribution in [0.15, 0.2) is 19.6 Å². The molecule has 2 unspecified atom stereocenters. The Balaban J connectivity index is 1.98. The van der Waals surface area contributed by atoms with Gasteiger partial charge < -0.3 is 9.73 Å². The summed E-state index contributed by atoms with van der Waals surface area (Å²) >= 11 is 6.90. The molecule has 2 atom stereocenters. The van der Waals surface area contributed by atoms with Crippen molar-refractivity contribution in [3.05, 3.63) is 21.0 Å². The van der Waals surface area contributed by atoms with E-state index in [1.165, 1.54) is 0 Å². The first-order valence-electron chi connectivity index (χ1n) is 6.49. The first-order chi connectivity index (χ1) is 8.34. The van der Waals surface area contributed by atoms with Crippen LogP contribution >= 0.6 is 31.9 Å². The Morgan fingerprint density at radius 1 is 1.39 bits per heavy atom. The fourth-order valence-electron chi connectivity index (χ4n) is 2.73. The minimum atomic E-state index is 0.334. The quantitative estimate of drug-likeness (QED) is 0.796. The van der Waals surface area contributed by atoms with Crippen molar-refractivity contribution < 1.29 is 4.42 Å². The molecule has 1 fully saturated rings. The zero-order valence-corrected chi connectivity index (χ0v) is 14.6. The maximum atomic E-state index is 5.77. The Labute approximate surface area is 126 Å². The highest BCUT2D eigenvalue weighted by molar-refractivity contribution is 9.13. The van der Waals surface area contributed by atoms with Crippen LogP contribution in [0.4, 0.5) is 0 Å². The maximum Gasteiger partial charge on any atom is 0.183 e. The number of halogens is 2. The van der Waals surface area contributed by atoms with Crippen LogP contribution in [0.25, 0.3) is 0 Å². The summed E-state index contributed by atoms with van der Waals surface area (Å²) in [5.74, 6) is 2.99. The zero-order valence-electron chi connectivity index (χ0n) is 11.4. The number of furan rings is 1. The molecule has 1 heterocycles. The van der Waals surface area contributed by atoms with E-state index in [-0.39, 0.29) is 0 Å². The lowest BCUT2D eigenvalue weighted by molar-refractivity contribution is 0.464. The van der Waals surface area contributed by atoms with Gasteiger partial charge in [0.2, 0.25) is 0 Å². The van der Waals surface area contributed by atoms with Crippen LogP contribution in [0.5, 0.6) is 0 Å². The average molecular weight is 379 g/mol. The highest BCUT2D eigenvalue weighted by Crippen LogP contribution is 2.64. The Hall–Kier alpha value is 0.200. The summed E-state index contributed by atoms with van der Waals surface area (Å²) in [6.45, 7) is 11.3. The van der Waals surface area contributed by atoms with Gasteiger partial charge in [0.1, 0.15) is 5.76 Å². The molecule has 18 heavy (non-hydrogen) atoms. The third-order valence-electron chi connectivity index (χ3n) is 3.94. The van der Waals surface area contributed by atoms with Gasteiger partial charge in [-0.3, -0.25) is 0 Å². The lowest BCUT2D eigenvalue weighted by Crippen LogP contribution is -2.23. The van der Waals surface area contributed by atoms with Gasteiger partial charge in [0, 0.05) is 5.92 Å². The molecule has 1 aliphatic carbocycles. The van der Waals surface area contributed by atoms with Crippen molar-refractivity contribution in [1.82, 2.24) is 5.32 Å². The molecule has 1 saturated carbocycles. The highest BCUT2D eigenvalue weighted by Gasteiger charge is 2.59. The molecule has 0 aliphatic heterocycles. The van der Waals surface area contributed by atoms with Crippen LogP contribution in [-0.2, 0) is 0 Å². The summed E-state index contributed by atoms with van der Waals surface area (Å²) in [5.41, 5.74) is 0.334. The zero-order chi connectivity index (χ0) is 13.5. The third kappa shape index (κ3) is 2.86. The minimum absolute atomic E-state index is 0.334. The normalized spacial score (nSPS) is 25.7. The standard InChI is InChI=1S/C14H21Br2NO/c1-8(2)6-17-7-9-12(14(9,3)4)11-5-10(15)13(16)18-11/h5,8-9,12,17H,6-7H2,1-4H3. The number of nitrogens with one attached hydrogen (secondary N) is 1. The van der Waals surface area contributed by atoms with E-state index in [0.717, 1.165) is 28.0 Å². The largest absolute Gasteiger partial charge is 0.453 e. The van der Waals surface area contributed by atoms with Gasteiger partial charge in [-0.25, -0.2) is 0 Å². The van der Waals surface area contributed by atoms with Crippen molar-refractivity contribution in [2.75, 3.05) is 13.1 Å². The Bertz CT molecular complexity index is 406. The molecule has 0 bridgehead atoms. The van der Waals surface area contributed by atoms with Crippen LogP contribution in [0.3, 0.4) is 0 Å². The lowest BCUT2D eigenvalue weighted by atomic mass is 10.1. The molecule has 1 N–H and O–H groups in total. The maximum absolute atomic E-state index is 5.77. The fraction of sp³-hybridized carbons (Fsp3) is 0.714. The number of rotatable bonds is 5. The van der Waals surface area contributed by atoms with E-state index in [4.69, 9.17) is 4.42 Å². The monoisotopic (exact) mass is 377 g/mol. The van der Waals surface area contributed by atoms with Crippen molar-refractivity contribution >= 4 is 31.9 Å². The third-order valence-corrected chi connectivity index (χ3v) is 5.65. The fourth-order valence-corrected chi connectivity index (χ4v) is 3.34. The Morgan fingerprint density at radius 2 is 2.06 bits per heavy atom. The van der Waals surface area contributed by atoms with Crippen molar-refractivity contribution in [1.29, 1.82) is 0 Å². The van der Waals surface area contributed by atoms with Crippen molar-refractivity contribution in [3.63, 3.8) is 0 Å². The molecular weight excluding hydrogens is 358 g/mol. The van der Waals surface area contributed by atoms with Gasteiger partial charge >= 0.3 is 0 Å². The molecule has 1 aromatic rings. The molecule has 102 valence electrons. The van der Waals surface area contributed by atoms with Gasteiger partial charge in [-0.15, -0.1) is 0 Å². The highest BCUT2D eigenvalue weighted by atomic mass is 79.9. The van der Waals surface area contributed by atoms with Crippen molar-refractivity contribution in [2.24, 2.45) is 17.3 Å². The van der Waals surface area contributed by atoms with Crippen LogP contribution in [0.2, 0.25) is 0 Å². The van der Waals surface area contributed by atoms with E-state index in [0.29, 0.717) is 23.2 Å². The van der Waals surface area contributed by atoms with E-state index in [2.05, 4.69) is 70.9 Å². The first-order valence-corrected chi connectivity index (χ1v) is 8.08. The molecule has 1 aromatic heterocycles. The summed E-state index contributed by atoms with van der Waals surface area (Å²) < 4.78 is 7.58. The molecule has 0 saturated heterocycles. The van der Waals surface area contributed by atoms with Gasteiger partial charge in [-0.05, 0) is 68.3 Å². The lowest BCUT2D eigenvalue weighted by Gasteiger charge is -2.07. The summed E-state index contributed by atoms with van der Waals surface area (Å²) in [6, 6.07) is 2.10. The van der Waals surface area contributed by atoms with Crippen LogP contribution in [0.1, 0.15) is 39.4 Å². The number of hydrogen-bond acceptors (Lipinski definition) is 2. The Kier molecular flexibility index (Phi) is 4.30. The topological polar surface area (TPSA) is 25.2 Å². The van der Waals surface area contributed by atoms with Crippen molar-refractivity contribution in [3.8, 4) is 0 Å². The molecule has 0 radical (unpaired) electrons. The van der Waals surface area contributed by atoms with Gasteiger partial charge in [0.25, 0.3) is 0 Å². The van der Waals surface area contributed by atoms with E-state index in [1.807, 2.05) is 0 Å². The van der Waals surface area contributed by atoms with Gasteiger partial charge in [-0.1, -0.05) is 27.7 Å². The second-order valence-corrected chi connectivity index (χ2v) is 7.80. The van der Waals surface area contributed by atoms with Gasteiger partial charge in [-0.2, -0.15) is 0 Å². The molecule has 2 rings (SSSR count). The molecule has 0 spiro atoms. The molecule has 0 aromatic carbocycles. The second kappa shape index (κ2) is 5.29. The molecular formula is C14H21Br2NO. The minimum Gasteiger partial charge on any atom is -0.453 e. The van der Waals surface area contributed by atoms with E-state index >= 15 is 0 Å². The SMILES string of the molecule is CC(C)CNCC1C(c2cc(Br)c(Br)o2)C1(C)C. The molecule has 4 heteroatoms. The predicted molar refractivity (Wildman–Crippen MR) is 81.8 cm³/mol. The van der Waals surface area contributed by atoms with Crippen LogP contribution in [0, 0.1) is 17.3 Å². The van der Waals surface area contributed by atoms with Gasteiger partial charge in [0.15, 0.2) is 4.67 Å².